The minimum atomic E-state index is -4.38. The maximum atomic E-state index is 13.0. The summed E-state index contributed by atoms with van der Waals surface area (Å²) in [6.07, 6.45) is -0.0772. The van der Waals surface area contributed by atoms with E-state index >= 15 is 0 Å². The summed E-state index contributed by atoms with van der Waals surface area (Å²) >= 11 is 0. The van der Waals surface area contributed by atoms with Gasteiger partial charge in [-0.15, -0.1) is 0 Å². The van der Waals surface area contributed by atoms with Crippen LogP contribution in [0.3, 0.4) is 0 Å². The SMILES string of the molecule is Cc1ccccc1C1CCCN1C(=O)NC1CCN(c2ccc(C(F)(F)F)cn2)CC1. The van der Waals surface area contributed by atoms with Gasteiger partial charge in [-0.3, -0.25) is 0 Å². The first kappa shape index (κ1) is 21.5. The summed E-state index contributed by atoms with van der Waals surface area (Å²) in [6, 6.07) is 10.8. The highest BCUT2D eigenvalue weighted by Gasteiger charge is 2.33. The second-order valence-electron chi connectivity index (χ2n) is 8.32. The maximum absolute atomic E-state index is 13.0. The zero-order valence-corrected chi connectivity index (χ0v) is 17.5. The number of carbonyl (C=O) groups excluding carboxylic acids is 1. The molecule has 3 heterocycles. The van der Waals surface area contributed by atoms with E-state index in [1.54, 1.807) is 0 Å². The normalized spacial score (nSPS) is 20.2. The number of aromatic nitrogens is 1. The first-order chi connectivity index (χ1) is 14.8. The number of likely N-dealkylation sites (tertiary alicyclic amines) is 1. The van der Waals surface area contributed by atoms with Crippen LogP contribution in [0.1, 0.15) is 48.4 Å². The number of aryl methyl sites for hydroxylation is 1. The lowest BCUT2D eigenvalue weighted by molar-refractivity contribution is -0.137. The van der Waals surface area contributed by atoms with Gasteiger partial charge in [0.25, 0.3) is 0 Å². The predicted octanol–water partition coefficient (Wildman–Crippen LogP) is 4.92. The highest BCUT2D eigenvalue weighted by molar-refractivity contribution is 5.75. The zero-order chi connectivity index (χ0) is 22.0. The molecule has 8 heteroatoms. The molecule has 0 radical (unpaired) electrons. The lowest BCUT2D eigenvalue weighted by Gasteiger charge is -2.35. The molecule has 5 nitrogen and oxygen atoms in total. The van der Waals surface area contributed by atoms with Crippen LogP contribution < -0.4 is 10.2 Å². The van der Waals surface area contributed by atoms with Gasteiger partial charge in [0.1, 0.15) is 5.82 Å². The molecule has 0 saturated carbocycles. The fourth-order valence-corrected chi connectivity index (χ4v) is 4.55. The van der Waals surface area contributed by atoms with Crippen LogP contribution in [-0.2, 0) is 6.18 Å². The van der Waals surface area contributed by atoms with Gasteiger partial charge in [-0.2, -0.15) is 13.2 Å². The molecule has 1 aromatic heterocycles. The number of hydrogen-bond acceptors (Lipinski definition) is 3. The minimum Gasteiger partial charge on any atom is -0.356 e. The molecule has 2 saturated heterocycles. The van der Waals surface area contributed by atoms with E-state index in [1.165, 1.54) is 17.2 Å². The second kappa shape index (κ2) is 8.77. The van der Waals surface area contributed by atoms with Crippen molar-refractivity contribution in [3.8, 4) is 0 Å². The van der Waals surface area contributed by atoms with Crippen LogP contribution in [0.15, 0.2) is 42.6 Å². The zero-order valence-electron chi connectivity index (χ0n) is 17.5. The number of benzene rings is 1. The van der Waals surface area contributed by atoms with E-state index in [4.69, 9.17) is 0 Å². The first-order valence-corrected chi connectivity index (χ1v) is 10.7. The molecule has 0 aliphatic carbocycles. The Morgan fingerprint density at radius 2 is 1.81 bits per heavy atom. The fourth-order valence-electron chi connectivity index (χ4n) is 4.55. The molecule has 1 aromatic carbocycles. The number of amides is 2. The number of pyridine rings is 1. The number of anilines is 1. The van der Waals surface area contributed by atoms with E-state index in [0.717, 1.165) is 44.5 Å². The molecular weight excluding hydrogens is 405 g/mol. The molecule has 0 spiro atoms. The van der Waals surface area contributed by atoms with Gasteiger partial charge in [0, 0.05) is 31.9 Å². The van der Waals surface area contributed by atoms with E-state index in [9.17, 15) is 18.0 Å². The standard InChI is InChI=1S/C23H27F3N4O/c1-16-5-2-3-6-19(16)20-7-4-12-30(20)22(31)28-18-10-13-29(14-11-18)21-9-8-17(15-27-21)23(24,25)26/h2-3,5-6,8-9,15,18,20H,4,7,10-14H2,1H3,(H,28,31). The highest BCUT2D eigenvalue weighted by atomic mass is 19.4. The van der Waals surface area contributed by atoms with Crippen molar-refractivity contribution in [2.24, 2.45) is 0 Å². The Labute approximate surface area is 180 Å². The van der Waals surface area contributed by atoms with Crippen LogP contribution in [0, 0.1) is 6.92 Å². The molecule has 166 valence electrons. The summed E-state index contributed by atoms with van der Waals surface area (Å²) in [5.74, 6) is 0.539. The van der Waals surface area contributed by atoms with Gasteiger partial charge in [0.15, 0.2) is 0 Å². The number of nitrogens with one attached hydrogen (secondary N) is 1. The third-order valence-corrected chi connectivity index (χ3v) is 6.28. The third-order valence-electron chi connectivity index (χ3n) is 6.28. The summed E-state index contributed by atoms with van der Waals surface area (Å²) < 4.78 is 38.2. The smallest absolute Gasteiger partial charge is 0.356 e. The van der Waals surface area contributed by atoms with Gasteiger partial charge in [-0.25, -0.2) is 9.78 Å². The van der Waals surface area contributed by atoms with Crippen molar-refractivity contribution in [1.29, 1.82) is 0 Å². The summed E-state index contributed by atoms with van der Waals surface area (Å²) in [6.45, 7) is 4.11. The Morgan fingerprint density at radius 1 is 1.06 bits per heavy atom. The Kier molecular flexibility index (Phi) is 6.07. The lowest BCUT2D eigenvalue weighted by Crippen LogP contribution is -2.49. The number of carbonyl (C=O) groups is 1. The second-order valence-corrected chi connectivity index (χ2v) is 8.32. The predicted molar refractivity (Wildman–Crippen MR) is 113 cm³/mol. The first-order valence-electron chi connectivity index (χ1n) is 10.7. The van der Waals surface area contributed by atoms with Gasteiger partial charge in [0.05, 0.1) is 11.6 Å². The van der Waals surface area contributed by atoms with Crippen molar-refractivity contribution >= 4 is 11.8 Å². The molecule has 4 rings (SSSR count). The Bertz CT molecular complexity index is 908. The number of piperidine rings is 1. The topological polar surface area (TPSA) is 48.5 Å². The quantitative estimate of drug-likeness (QED) is 0.749. The third kappa shape index (κ3) is 4.78. The molecule has 2 aliphatic rings. The van der Waals surface area contributed by atoms with Gasteiger partial charge in [-0.05, 0) is 55.9 Å². The summed E-state index contributed by atoms with van der Waals surface area (Å²) in [5, 5.41) is 3.17. The van der Waals surface area contributed by atoms with E-state index in [0.29, 0.717) is 18.9 Å². The fraction of sp³-hybridized carbons (Fsp3) is 0.478. The summed E-state index contributed by atoms with van der Waals surface area (Å²) in [5.41, 5.74) is 1.66. The number of hydrogen-bond donors (Lipinski definition) is 1. The molecule has 2 aromatic rings. The monoisotopic (exact) mass is 432 g/mol. The summed E-state index contributed by atoms with van der Waals surface area (Å²) in [7, 11) is 0. The Balaban J connectivity index is 1.32. The highest BCUT2D eigenvalue weighted by Crippen LogP contribution is 2.34. The van der Waals surface area contributed by atoms with Gasteiger partial charge in [0.2, 0.25) is 0 Å². The average Bonchev–Trinajstić information content (AvgIpc) is 3.24. The number of halogens is 3. The largest absolute Gasteiger partial charge is 0.417 e. The van der Waals surface area contributed by atoms with E-state index in [-0.39, 0.29) is 18.1 Å². The van der Waals surface area contributed by atoms with Crippen LogP contribution in [0.5, 0.6) is 0 Å². The molecule has 0 bridgehead atoms. The molecule has 1 N–H and O–H groups in total. The number of rotatable bonds is 3. The summed E-state index contributed by atoms with van der Waals surface area (Å²) in [4.78, 5) is 20.9. The maximum Gasteiger partial charge on any atom is 0.417 e. The molecular formula is C23H27F3N4O. The van der Waals surface area contributed by atoms with Crippen LogP contribution in [-0.4, -0.2) is 41.6 Å². The van der Waals surface area contributed by atoms with E-state index in [1.807, 2.05) is 21.9 Å². The van der Waals surface area contributed by atoms with Crippen molar-refractivity contribution in [3.05, 3.63) is 59.3 Å². The number of nitrogens with zero attached hydrogens (tertiary/aromatic N) is 3. The molecule has 2 aliphatic heterocycles. The van der Waals surface area contributed by atoms with Crippen LogP contribution in [0.25, 0.3) is 0 Å². The molecule has 31 heavy (non-hydrogen) atoms. The number of urea groups is 1. The van der Waals surface area contributed by atoms with Crippen LogP contribution >= 0.6 is 0 Å². The van der Waals surface area contributed by atoms with Crippen LogP contribution in [0.2, 0.25) is 0 Å². The van der Waals surface area contributed by atoms with Crippen molar-refractivity contribution in [1.82, 2.24) is 15.2 Å². The molecule has 1 unspecified atom stereocenters. The van der Waals surface area contributed by atoms with Crippen molar-refractivity contribution in [2.75, 3.05) is 24.5 Å². The van der Waals surface area contributed by atoms with Crippen LogP contribution in [0.4, 0.5) is 23.8 Å². The van der Waals surface area contributed by atoms with E-state index in [2.05, 4.69) is 29.4 Å². The van der Waals surface area contributed by atoms with Gasteiger partial charge < -0.3 is 15.1 Å². The Morgan fingerprint density at radius 3 is 2.45 bits per heavy atom. The average molecular weight is 432 g/mol. The minimum absolute atomic E-state index is 0.0307. The van der Waals surface area contributed by atoms with Gasteiger partial charge in [-0.1, -0.05) is 24.3 Å². The molecule has 2 fully saturated rings. The van der Waals surface area contributed by atoms with Crippen molar-refractivity contribution in [2.45, 2.75) is 50.9 Å². The van der Waals surface area contributed by atoms with Crippen molar-refractivity contribution in [3.63, 3.8) is 0 Å². The van der Waals surface area contributed by atoms with Gasteiger partial charge >= 0.3 is 12.2 Å². The lowest BCUT2D eigenvalue weighted by atomic mass is 9.99. The molecule has 2 amide bonds. The Hall–Kier alpha value is -2.77. The van der Waals surface area contributed by atoms with Crippen molar-refractivity contribution < 1.29 is 18.0 Å². The van der Waals surface area contributed by atoms with E-state index < -0.39 is 11.7 Å². The molecule has 1 atom stereocenters. The number of alkyl halides is 3.